The molecule has 0 amide bonds. The molecule has 21 heavy (non-hydrogen) atoms. The fourth-order valence-electron chi connectivity index (χ4n) is 1.90. The van der Waals surface area contributed by atoms with E-state index >= 15 is 0 Å². The number of aldehydes is 1. The molecule has 106 valence electrons. The Bertz CT molecular complexity index is 828. The quantitative estimate of drug-likeness (QED) is 0.544. The number of benzene rings is 1. The number of aromatic nitrogens is 2. The van der Waals surface area contributed by atoms with Crippen LogP contribution in [-0.2, 0) is 0 Å². The van der Waals surface area contributed by atoms with Gasteiger partial charge in [-0.3, -0.25) is 4.79 Å². The number of hydrogen-bond acceptors (Lipinski definition) is 3. The van der Waals surface area contributed by atoms with Gasteiger partial charge in [0.25, 0.3) is 0 Å². The Morgan fingerprint density at radius 3 is 2.67 bits per heavy atom. The maximum Gasteiger partial charge on any atom is 0.153 e. The summed E-state index contributed by atoms with van der Waals surface area (Å²) < 4.78 is 2.57. The van der Waals surface area contributed by atoms with Crippen LogP contribution >= 0.6 is 50.5 Å². The number of carbonyl (C=O) groups is 1. The van der Waals surface area contributed by atoms with Gasteiger partial charge >= 0.3 is 0 Å². The highest BCUT2D eigenvalue weighted by atomic mass is 79.9. The van der Waals surface area contributed by atoms with Crippen LogP contribution in [0, 0.1) is 0 Å². The molecule has 0 spiro atoms. The van der Waals surface area contributed by atoms with Gasteiger partial charge in [0.2, 0.25) is 0 Å². The highest BCUT2D eigenvalue weighted by molar-refractivity contribution is 9.11. The average Bonchev–Trinajstić information content (AvgIpc) is 3.04. The summed E-state index contributed by atoms with van der Waals surface area (Å²) in [6.07, 6.45) is 2.45. The van der Waals surface area contributed by atoms with E-state index in [2.05, 4.69) is 21.0 Å². The van der Waals surface area contributed by atoms with E-state index in [9.17, 15) is 4.79 Å². The summed E-state index contributed by atoms with van der Waals surface area (Å²) in [7, 11) is 0. The molecule has 0 N–H and O–H groups in total. The third kappa shape index (κ3) is 2.92. The van der Waals surface area contributed by atoms with Crippen molar-refractivity contribution in [2.45, 2.75) is 0 Å². The Balaban J connectivity index is 2.13. The first-order chi connectivity index (χ1) is 10.1. The molecule has 2 heterocycles. The van der Waals surface area contributed by atoms with Gasteiger partial charge in [-0.05, 0) is 46.3 Å². The minimum atomic E-state index is 0.473. The molecule has 0 saturated heterocycles. The molecule has 0 atom stereocenters. The molecule has 0 radical (unpaired) electrons. The van der Waals surface area contributed by atoms with E-state index in [4.69, 9.17) is 23.2 Å². The van der Waals surface area contributed by atoms with E-state index in [-0.39, 0.29) is 0 Å². The van der Waals surface area contributed by atoms with Gasteiger partial charge in [0.05, 0.1) is 24.9 Å². The summed E-state index contributed by atoms with van der Waals surface area (Å²) >= 11 is 17.0. The van der Waals surface area contributed by atoms with Crippen molar-refractivity contribution in [1.29, 1.82) is 0 Å². The zero-order chi connectivity index (χ0) is 15.0. The molecule has 0 saturated carbocycles. The Hall–Kier alpha value is -1.14. The Labute approximate surface area is 143 Å². The van der Waals surface area contributed by atoms with Crippen molar-refractivity contribution in [3.05, 3.63) is 55.9 Å². The molecule has 0 unspecified atom stereocenters. The van der Waals surface area contributed by atoms with Gasteiger partial charge in [-0.15, -0.1) is 11.3 Å². The third-order valence-electron chi connectivity index (χ3n) is 2.83. The van der Waals surface area contributed by atoms with Gasteiger partial charge < -0.3 is 0 Å². The number of thiophene rings is 1. The maximum atomic E-state index is 11.3. The highest BCUT2D eigenvalue weighted by Gasteiger charge is 2.15. The van der Waals surface area contributed by atoms with E-state index in [1.807, 2.05) is 12.1 Å². The van der Waals surface area contributed by atoms with Crippen molar-refractivity contribution >= 4 is 56.8 Å². The lowest BCUT2D eigenvalue weighted by atomic mass is 10.2. The fraction of sp³-hybridized carbons (Fsp3) is 0. The summed E-state index contributed by atoms with van der Waals surface area (Å²) in [6.45, 7) is 0. The molecule has 7 heteroatoms. The SMILES string of the molecule is O=Cc1cn(-c2ccc(Cl)cc2Cl)nc1-c1ccc(Br)s1. The van der Waals surface area contributed by atoms with Crippen LogP contribution < -0.4 is 0 Å². The smallest absolute Gasteiger partial charge is 0.153 e. The lowest BCUT2D eigenvalue weighted by Crippen LogP contribution is -1.95. The van der Waals surface area contributed by atoms with Gasteiger partial charge in [-0.2, -0.15) is 5.10 Å². The normalized spacial score (nSPS) is 10.8. The van der Waals surface area contributed by atoms with Crippen LogP contribution in [0.1, 0.15) is 10.4 Å². The molecule has 2 aromatic heterocycles. The zero-order valence-electron chi connectivity index (χ0n) is 10.4. The number of carbonyl (C=O) groups excluding carboxylic acids is 1. The first-order valence-electron chi connectivity index (χ1n) is 5.84. The molecule has 0 aliphatic heterocycles. The van der Waals surface area contributed by atoms with Crippen molar-refractivity contribution in [2.75, 3.05) is 0 Å². The second kappa shape index (κ2) is 5.93. The number of halogens is 3. The van der Waals surface area contributed by atoms with E-state index in [1.54, 1.807) is 29.1 Å². The molecule has 3 rings (SSSR count). The van der Waals surface area contributed by atoms with Gasteiger partial charge in [0, 0.05) is 11.2 Å². The average molecular weight is 402 g/mol. The molecule has 0 bridgehead atoms. The number of nitrogens with zero attached hydrogens (tertiary/aromatic N) is 2. The summed E-state index contributed by atoms with van der Waals surface area (Å²) in [6, 6.07) is 8.97. The molecule has 0 fully saturated rings. The van der Waals surface area contributed by atoms with E-state index in [1.165, 1.54) is 11.3 Å². The molecule has 3 nitrogen and oxygen atoms in total. The predicted octanol–water partition coefficient (Wildman–Crippen LogP) is 5.48. The first kappa shape index (κ1) is 14.8. The van der Waals surface area contributed by atoms with Crippen molar-refractivity contribution < 1.29 is 4.79 Å². The van der Waals surface area contributed by atoms with Crippen molar-refractivity contribution in [2.24, 2.45) is 0 Å². The maximum absolute atomic E-state index is 11.3. The molecular weight excluding hydrogens is 395 g/mol. The largest absolute Gasteiger partial charge is 0.298 e. The standard InChI is InChI=1S/C14H7BrCl2N2OS/c15-13-4-3-12(21-13)14-8(7-20)6-19(18-14)11-2-1-9(16)5-10(11)17/h1-7H. The summed E-state index contributed by atoms with van der Waals surface area (Å²) in [5, 5.41) is 5.50. The third-order valence-corrected chi connectivity index (χ3v) is 5.00. The number of rotatable bonds is 3. The van der Waals surface area contributed by atoms with Crippen molar-refractivity contribution in [3.8, 4) is 16.3 Å². The Morgan fingerprint density at radius 1 is 1.24 bits per heavy atom. The lowest BCUT2D eigenvalue weighted by Gasteiger charge is -2.04. The molecule has 1 aromatic carbocycles. The van der Waals surface area contributed by atoms with Gasteiger partial charge in [-0.25, -0.2) is 4.68 Å². The number of hydrogen-bond donors (Lipinski definition) is 0. The second-order valence-electron chi connectivity index (χ2n) is 4.19. The predicted molar refractivity (Wildman–Crippen MR) is 90.0 cm³/mol. The summed E-state index contributed by atoms with van der Waals surface area (Å²) in [4.78, 5) is 12.2. The zero-order valence-corrected chi connectivity index (χ0v) is 14.3. The minimum absolute atomic E-state index is 0.473. The monoisotopic (exact) mass is 400 g/mol. The van der Waals surface area contributed by atoms with Crippen LogP contribution in [0.3, 0.4) is 0 Å². The fourth-order valence-corrected chi connectivity index (χ4v) is 3.79. The van der Waals surface area contributed by atoms with Crippen LogP contribution in [0.25, 0.3) is 16.3 Å². The summed E-state index contributed by atoms with van der Waals surface area (Å²) in [5.74, 6) is 0. The van der Waals surface area contributed by atoms with Gasteiger partial charge in [0.1, 0.15) is 5.69 Å². The molecule has 0 aliphatic carbocycles. The van der Waals surface area contributed by atoms with Crippen molar-refractivity contribution in [3.63, 3.8) is 0 Å². The molecular formula is C14H7BrCl2N2OS. The van der Waals surface area contributed by atoms with Crippen LogP contribution in [0.15, 0.2) is 40.3 Å². The first-order valence-corrected chi connectivity index (χ1v) is 8.21. The van der Waals surface area contributed by atoms with E-state index in [0.29, 0.717) is 27.0 Å². The van der Waals surface area contributed by atoms with Crippen LogP contribution in [0.4, 0.5) is 0 Å². The van der Waals surface area contributed by atoms with Crippen LogP contribution in [-0.4, -0.2) is 16.1 Å². The van der Waals surface area contributed by atoms with Gasteiger partial charge in [0.15, 0.2) is 6.29 Å². The van der Waals surface area contributed by atoms with E-state index in [0.717, 1.165) is 14.9 Å². The van der Waals surface area contributed by atoms with Gasteiger partial charge in [-0.1, -0.05) is 23.2 Å². The lowest BCUT2D eigenvalue weighted by molar-refractivity contribution is 0.112. The summed E-state index contributed by atoms with van der Waals surface area (Å²) in [5.41, 5.74) is 1.81. The molecule has 3 aromatic rings. The Kier molecular flexibility index (Phi) is 4.17. The molecule has 0 aliphatic rings. The highest BCUT2D eigenvalue weighted by Crippen LogP contribution is 2.33. The van der Waals surface area contributed by atoms with E-state index < -0.39 is 0 Å². The topological polar surface area (TPSA) is 34.9 Å². The van der Waals surface area contributed by atoms with Crippen LogP contribution in [0.2, 0.25) is 10.0 Å². The Morgan fingerprint density at radius 2 is 2.05 bits per heavy atom. The van der Waals surface area contributed by atoms with Crippen LogP contribution in [0.5, 0.6) is 0 Å². The van der Waals surface area contributed by atoms with Crippen molar-refractivity contribution in [1.82, 2.24) is 9.78 Å². The minimum Gasteiger partial charge on any atom is -0.298 e. The second-order valence-corrected chi connectivity index (χ2v) is 7.50.